The molecule has 5 atom stereocenters. The summed E-state index contributed by atoms with van der Waals surface area (Å²) in [6.07, 6.45) is -4.59. The summed E-state index contributed by atoms with van der Waals surface area (Å²) in [4.78, 5) is 11.7. The quantitative estimate of drug-likeness (QED) is 0.418. The minimum absolute atomic E-state index is 0.584. The molecule has 0 bridgehead atoms. The molecule has 1 saturated heterocycles. The molecule has 1 heterocycles. The number of rotatable bonds is 4. The van der Waals surface area contributed by atoms with Gasteiger partial charge in [0.1, 0.15) is 24.4 Å². The van der Waals surface area contributed by atoms with Gasteiger partial charge < -0.3 is 29.9 Å². The average molecular weight is 310 g/mol. The number of ether oxygens (including phenoxy) is 2. The Kier molecular flexibility index (Phi) is 5.64. The van der Waals surface area contributed by atoms with Crippen molar-refractivity contribution in [3.8, 4) is 0 Å². The molecule has 0 radical (unpaired) electrons. The number of aliphatic hydroxyl groups excluding tert-OH is 4. The molecule has 4 N–H and O–H groups in total. The van der Waals surface area contributed by atoms with E-state index < -0.39 is 43.3 Å². The molecule has 7 heteroatoms. The van der Waals surface area contributed by atoms with Crippen LogP contribution in [-0.4, -0.2) is 63.7 Å². The highest BCUT2D eigenvalue weighted by Gasteiger charge is 2.45. The third-order valence-electron chi connectivity index (χ3n) is 3.29. The summed E-state index contributed by atoms with van der Waals surface area (Å²) in [5.41, 5.74) is 0.785. The molecule has 0 amide bonds. The van der Waals surface area contributed by atoms with Crippen LogP contribution in [0.25, 0.3) is 6.08 Å². The van der Waals surface area contributed by atoms with Crippen molar-refractivity contribution in [3.05, 3.63) is 42.0 Å². The Morgan fingerprint density at radius 2 is 1.82 bits per heavy atom. The summed E-state index contributed by atoms with van der Waals surface area (Å²) in [7, 11) is 0. The van der Waals surface area contributed by atoms with Gasteiger partial charge in [0.2, 0.25) is 6.29 Å². The van der Waals surface area contributed by atoms with Crippen LogP contribution in [0.1, 0.15) is 5.56 Å². The molecule has 2 rings (SSSR count). The second-order valence-electron chi connectivity index (χ2n) is 4.88. The van der Waals surface area contributed by atoms with Gasteiger partial charge >= 0.3 is 5.97 Å². The normalized spacial score (nSPS) is 32.1. The summed E-state index contributed by atoms with van der Waals surface area (Å²) in [5.74, 6) is -0.784. The number of hydrogen-bond acceptors (Lipinski definition) is 7. The number of aliphatic hydroxyl groups is 4. The molecule has 0 saturated carbocycles. The molecule has 0 aliphatic carbocycles. The van der Waals surface area contributed by atoms with Crippen molar-refractivity contribution in [3.63, 3.8) is 0 Å². The minimum Gasteiger partial charge on any atom is -0.430 e. The largest absolute Gasteiger partial charge is 0.430 e. The van der Waals surface area contributed by atoms with Gasteiger partial charge in [-0.3, -0.25) is 0 Å². The fraction of sp³-hybridized carbons (Fsp3) is 0.400. The maximum absolute atomic E-state index is 11.7. The van der Waals surface area contributed by atoms with Gasteiger partial charge in [-0.15, -0.1) is 0 Å². The molecule has 1 fully saturated rings. The number of carbonyl (C=O) groups is 1. The fourth-order valence-corrected chi connectivity index (χ4v) is 2.05. The van der Waals surface area contributed by atoms with Crippen LogP contribution in [0.3, 0.4) is 0 Å². The van der Waals surface area contributed by atoms with Crippen LogP contribution < -0.4 is 0 Å². The van der Waals surface area contributed by atoms with E-state index in [1.807, 2.05) is 18.2 Å². The monoisotopic (exact) mass is 310 g/mol. The number of hydrogen-bond donors (Lipinski definition) is 4. The van der Waals surface area contributed by atoms with Gasteiger partial charge in [-0.2, -0.15) is 0 Å². The van der Waals surface area contributed by atoms with E-state index in [-0.39, 0.29) is 0 Å². The van der Waals surface area contributed by atoms with Crippen LogP contribution in [0, 0.1) is 0 Å². The van der Waals surface area contributed by atoms with Crippen molar-refractivity contribution >= 4 is 12.0 Å². The zero-order valence-electron chi connectivity index (χ0n) is 11.6. The molecule has 1 aliphatic heterocycles. The van der Waals surface area contributed by atoms with Gasteiger partial charge in [0, 0.05) is 6.08 Å². The van der Waals surface area contributed by atoms with Gasteiger partial charge in [-0.1, -0.05) is 30.3 Å². The third-order valence-corrected chi connectivity index (χ3v) is 3.29. The van der Waals surface area contributed by atoms with E-state index in [1.165, 1.54) is 6.08 Å². The Bertz CT molecular complexity index is 514. The fourth-order valence-electron chi connectivity index (χ4n) is 2.05. The minimum atomic E-state index is -1.60. The predicted octanol–water partition coefficient (Wildman–Crippen LogP) is -0.957. The maximum atomic E-state index is 11.7. The topological polar surface area (TPSA) is 116 Å². The van der Waals surface area contributed by atoms with Gasteiger partial charge in [-0.25, -0.2) is 4.79 Å². The Labute approximate surface area is 127 Å². The van der Waals surface area contributed by atoms with E-state index in [0.29, 0.717) is 0 Å². The molecule has 22 heavy (non-hydrogen) atoms. The molecule has 0 aromatic heterocycles. The van der Waals surface area contributed by atoms with Crippen molar-refractivity contribution in [1.82, 2.24) is 0 Å². The smallest absolute Gasteiger partial charge is 0.333 e. The van der Waals surface area contributed by atoms with Crippen LogP contribution in [0.15, 0.2) is 36.4 Å². The highest BCUT2D eigenvalue weighted by Crippen LogP contribution is 2.22. The van der Waals surface area contributed by atoms with Crippen molar-refractivity contribution in [2.75, 3.05) is 6.61 Å². The van der Waals surface area contributed by atoms with E-state index >= 15 is 0 Å². The van der Waals surface area contributed by atoms with Crippen LogP contribution in [0.2, 0.25) is 0 Å². The van der Waals surface area contributed by atoms with E-state index in [1.54, 1.807) is 12.1 Å². The van der Waals surface area contributed by atoms with Crippen molar-refractivity contribution in [2.45, 2.75) is 30.7 Å². The molecule has 120 valence electrons. The first-order chi connectivity index (χ1) is 10.5. The van der Waals surface area contributed by atoms with E-state index in [4.69, 9.17) is 14.6 Å². The van der Waals surface area contributed by atoms with Crippen molar-refractivity contribution in [2.24, 2.45) is 0 Å². The Morgan fingerprint density at radius 1 is 1.14 bits per heavy atom. The first-order valence-corrected chi connectivity index (χ1v) is 6.77. The Morgan fingerprint density at radius 3 is 2.45 bits per heavy atom. The van der Waals surface area contributed by atoms with E-state index in [2.05, 4.69) is 0 Å². The zero-order chi connectivity index (χ0) is 16.1. The van der Waals surface area contributed by atoms with E-state index in [0.717, 1.165) is 11.6 Å². The summed E-state index contributed by atoms with van der Waals surface area (Å²) < 4.78 is 9.96. The number of carbonyl (C=O) groups excluding carboxylic acids is 1. The van der Waals surface area contributed by atoms with E-state index in [9.17, 15) is 20.1 Å². The first-order valence-electron chi connectivity index (χ1n) is 6.77. The Balaban J connectivity index is 1.97. The summed E-state index contributed by atoms with van der Waals surface area (Å²) in [6, 6.07) is 9.03. The molecule has 1 aromatic carbocycles. The van der Waals surface area contributed by atoms with Gasteiger partial charge in [0.15, 0.2) is 0 Å². The summed E-state index contributed by atoms with van der Waals surface area (Å²) >= 11 is 0. The van der Waals surface area contributed by atoms with Crippen LogP contribution in [0.5, 0.6) is 0 Å². The van der Waals surface area contributed by atoms with Crippen LogP contribution in [-0.2, 0) is 14.3 Å². The lowest BCUT2D eigenvalue weighted by molar-refractivity contribution is -0.291. The van der Waals surface area contributed by atoms with Crippen molar-refractivity contribution < 1.29 is 34.7 Å². The molecule has 7 nitrogen and oxygen atoms in total. The molecule has 0 spiro atoms. The Hall–Kier alpha value is -1.77. The van der Waals surface area contributed by atoms with Gasteiger partial charge in [-0.05, 0) is 11.6 Å². The lowest BCUT2D eigenvalue weighted by Gasteiger charge is -2.38. The SMILES string of the molecule is O=C(/C=C/c1ccccc1)OC1O[C@H](CO)[C@@H](O)[C@H](O)[C@H]1O. The van der Waals surface area contributed by atoms with Gasteiger partial charge in [0.05, 0.1) is 6.61 Å². The molecule has 1 unspecified atom stereocenters. The standard InChI is InChI=1S/C15H18O7/c16-8-10-12(18)13(19)14(20)15(21-10)22-11(17)7-6-9-4-2-1-3-5-9/h1-7,10,12-16,18-20H,8H2/b7-6+/t10-,12-,13+,14-,15?/m1/s1. The molecular formula is C15H18O7. The molecule has 1 aliphatic rings. The lowest BCUT2D eigenvalue weighted by atomic mass is 9.99. The summed E-state index contributed by atoms with van der Waals surface area (Å²) in [5, 5.41) is 38.0. The number of esters is 1. The average Bonchev–Trinajstić information content (AvgIpc) is 2.54. The highest BCUT2D eigenvalue weighted by atomic mass is 16.7. The highest BCUT2D eigenvalue weighted by molar-refractivity contribution is 5.87. The first kappa shape index (κ1) is 16.6. The second-order valence-corrected chi connectivity index (χ2v) is 4.88. The van der Waals surface area contributed by atoms with Crippen molar-refractivity contribution in [1.29, 1.82) is 0 Å². The zero-order valence-corrected chi connectivity index (χ0v) is 11.6. The van der Waals surface area contributed by atoms with Crippen LogP contribution in [0.4, 0.5) is 0 Å². The predicted molar refractivity (Wildman–Crippen MR) is 75.3 cm³/mol. The maximum Gasteiger partial charge on any atom is 0.333 e. The summed E-state index contributed by atoms with van der Waals surface area (Å²) in [6.45, 7) is -0.584. The molecule has 1 aromatic rings. The number of benzene rings is 1. The van der Waals surface area contributed by atoms with Crippen LogP contribution >= 0.6 is 0 Å². The second kappa shape index (κ2) is 7.48. The lowest BCUT2D eigenvalue weighted by Crippen LogP contribution is -2.59. The molecular weight excluding hydrogens is 292 g/mol. The van der Waals surface area contributed by atoms with Gasteiger partial charge in [0.25, 0.3) is 0 Å². The third kappa shape index (κ3) is 3.90.